The zero-order valence-corrected chi connectivity index (χ0v) is 9.70. The first-order chi connectivity index (χ1) is 7.96. The van der Waals surface area contributed by atoms with Crippen molar-refractivity contribution in [3.8, 4) is 0 Å². The summed E-state index contributed by atoms with van der Waals surface area (Å²) >= 11 is 1.20. The van der Waals surface area contributed by atoms with Gasteiger partial charge < -0.3 is 5.32 Å². The number of thiazole rings is 1. The number of hydrogen-bond donors (Lipinski definition) is 1. The van der Waals surface area contributed by atoms with E-state index < -0.39 is 17.4 Å². The Hall–Kier alpha value is -0.950. The van der Waals surface area contributed by atoms with Gasteiger partial charge in [0.2, 0.25) is 0 Å². The Labute approximate surface area is 100 Å². The molecule has 0 radical (unpaired) electrons. The zero-order chi connectivity index (χ0) is 12.5. The second kappa shape index (κ2) is 4.38. The number of aromatic nitrogens is 1. The topological polar surface area (TPSA) is 42.0 Å². The van der Waals surface area contributed by atoms with Crippen molar-refractivity contribution in [3.05, 3.63) is 16.6 Å². The minimum absolute atomic E-state index is 0.180. The Morgan fingerprint density at radius 3 is 2.82 bits per heavy atom. The Balaban J connectivity index is 2.20. The highest BCUT2D eigenvalue weighted by molar-refractivity contribution is 7.09. The van der Waals surface area contributed by atoms with Crippen molar-refractivity contribution >= 4 is 17.1 Å². The highest BCUT2D eigenvalue weighted by Gasteiger charge is 2.60. The van der Waals surface area contributed by atoms with Gasteiger partial charge in [-0.3, -0.25) is 4.79 Å². The fourth-order valence-electron chi connectivity index (χ4n) is 1.98. The molecule has 0 bridgehead atoms. The van der Waals surface area contributed by atoms with E-state index in [1.807, 2.05) is 0 Å². The standard InChI is InChI=1S/C10H11F3N2OS/c11-10(12,13)9(1-2-14-6-9)7(16)5-8-15-3-4-17-8/h3-4,14H,1-2,5-6H2. The van der Waals surface area contributed by atoms with Gasteiger partial charge in [-0.15, -0.1) is 11.3 Å². The largest absolute Gasteiger partial charge is 0.402 e. The number of carbonyl (C=O) groups excluding carboxylic acids is 1. The van der Waals surface area contributed by atoms with Crippen molar-refractivity contribution < 1.29 is 18.0 Å². The highest BCUT2D eigenvalue weighted by atomic mass is 32.1. The van der Waals surface area contributed by atoms with E-state index in [-0.39, 0.29) is 25.9 Å². The Morgan fingerprint density at radius 1 is 1.59 bits per heavy atom. The van der Waals surface area contributed by atoms with Gasteiger partial charge in [-0.2, -0.15) is 13.2 Å². The average molecular weight is 264 g/mol. The van der Waals surface area contributed by atoms with Crippen molar-refractivity contribution in [1.29, 1.82) is 0 Å². The van der Waals surface area contributed by atoms with Crippen molar-refractivity contribution in [2.45, 2.75) is 19.0 Å². The van der Waals surface area contributed by atoms with Crippen LogP contribution >= 0.6 is 11.3 Å². The molecule has 7 heteroatoms. The van der Waals surface area contributed by atoms with E-state index in [1.165, 1.54) is 17.5 Å². The van der Waals surface area contributed by atoms with Crippen LogP contribution < -0.4 is 5.32 Å². The zero-order valence-electron chi connectivity index (χ0n) is 8.88. The fourth-order valence-corrected chi connectivity index (χ4v) is 2.59. The number of nitrogens with zero attached hydrogens (tertiary/aromatic N) is 1. The molecule has 17 heavy (non-hydrogen) atoms. The maximum Gasteiger partial charge on any atom is 0.402 e. The van der Waals surface area contributed by atoms with E-state index in [1.54, 1.807) is 5.38 Å². The van der Waals surface area contributed by atoms with Crippen molar-refractivity contribution in [3.63, 3.8) is 0 Å². The van der Waals surface area contributed by atoms with Crippen LogP contribution in [-0.2, 0) is 11.2 Å². The molecule has 0 aromatic carbocycles. The second-order valence-electron chi connectivity index (χ2n) is 4.03. The number of rotatable bonds is 3. The third kappa shape index (κ3) is 2.21. The summed E-state index contributed by atoms with van der Waals surface area (Å²) in [6, 6.07) is 0. The average Bonchev–Trinajstić information content (AvgIpc) is 2.85. The van der Waals surface area contributed by atoms with Gasteiger partial charge >= 0.3 is 6.18 Å². The summed E-state index contributed by atoms with van der Waals surface area (Å²) in [4.78, 5) is 15.7. The number of Topliss-reactive ketones (excluding diaryl/α,β-unsaturated/α-hetero) is 1. The molecule has 1 aromatic rings. The van der Waals surface area contributed by atoms with Crippen LogP contribution in [-0.4, -0.2) is 30.0 Å². The van der Waals surface area contributed by atoms with Gasteiger partial charge in [0.1, 0.15) is 5.41 Å². The number of nitrogens with one attached hydrogen (secondary N) is 1. The first-order valence-corrected chi connectivity index (χ1v) is 6.03. The first kappa shape index (κ1) is 12.5. The maximum atomic E-state index is 13.0. The molecular formula is C10H11F3N2OS. The number of ketones is 1. The summed E-state index contributed by atoms with van der Waals surface area (Å²) < 4.78 is 39.1. The van der Waals surface area contributed by atoms with Gasteiger partial charge in [0.25, 0.3) is 0 Å². The van der Waals surface area contributed by atoms with Crippen LogP contribution in [0.2, 0.25) is 0 Å². The quantitative estimate of drug-likeness (QED) is 0.905. The van der Waals surface area contributed by atoms with Gasteiger partial charge in [-0.25, -0.2) is 4.98 Å². The van der Waals surface area contributed by atoms with Crippen LogP contribution in [0.5, 0.6) is 0 Å². The number of halogens is 3. The second-order valence-corrected chi connectivity index (χ2v) is 5.01. The van der Waals surface area contributed by atoms with Crippen LogP contribution in [0.4, 0.5) is 13.2 Å². The highest BCUT2D eigenvalue weighted by Crippen LogP contribution is 2.44. The van der Waals surface area contributed by atoms with Gasteiger partial charge in [-0.1, -0.05) is 0 Å². The predicted molar refractivity (Wildman–Crippen MR) is 56.8 cm³/mol. The third-order valence-corrected chi connectivity index (χ3v) is 3.81. The van der Waals surface area contributed by atoms with E-state index in [4.69, 9.17) is 0 Å². The lowest BCUT2D eigenvalue weighted by Crippen LogP contribution is -2.47. The molecule has 0 amide bonds. The lowest BCUT2D eigenvalue weighted by Gasteiger charge is -2.28. The van der Waals surface area contributed by atoms with E-state index >= 15 is 0 Å². The molecule has 1 aliphatic rings. The lowest BCUT2D eigenvalue weighted by atomic mass is 9.80. The molecule has 2 rings (SSSR count). The number of hydrogen-bond acceptors (Lipinski definition) is 4. The molecule has 1 fully saturated rings. The van der Waals surface area contributed by atoms with Gasteiger partial charge in [0, 0.05) is 18.1 Å². The normalized spacial score (nSPS) is 25.1. The van der Waals surface area contributed by atoms with Crippen LogP contribution in [0.1, 0.15) is 11.4 Å². The summed E-state index contributed by atoms with van der Waals surface area (Å²) in [5, 5.41) is 4.71. The fraction of sp³-hybridized carbons (Fsp3) is 0.600. The van der Waals surface area contributed by atoms with E-state index in [0.29, 0.717) is 5.01 Å². The number of carbonyl (C=O) groups is 1. The predicted octanol–water partition coefficient (Wildman–Crippen LogP) is 1.80. The monoisotopic (exact) mass is 264 g/mol. The molecule has 1 N–H and O–H groups in total. The molecular weight excluding hydrogens is 253 g/mol. The molecule has 0 aliphatic carbocycles. The van der Waals surface area contributed by atoms with Gasteiger partial charge in [0.05, 0.1) is 11.4 Å². The molecule has 1 unspecified atom stereocenters. The van der Waals surface area contributed by atoms with Crippen molar-refractivity contribution in [2.24, 2.45) is 5.41 Å². The molecule has 2 heterocycles. The molecule has 1 aliphatic heterocycles. The van der Waals surface area contributed by atoms with Crippen molar-refractivity contribution in [2.75, 3.05) is 13.1 Å². The molecule has 0 saturated carbocycles. The summed E-state index contributed by atoms with van der Waals surface area (Å²) in [7, 11) is 0. The Morgan fingerprint density at radius 2 is 2.35 bits per heavy atom. The first-order valence-electron chi connectivity index (χ1n) is 5.15. The molecule has 1 aromatic heterocycles. The SMILES string of the molecule is O=C(Cc1nccs1)C1(C(F)(F)F)CCNC1. The van der Waals surface area contributed by atoms with Crippen molar-refractivity contribution in [1.82, 2.24) is 10.3 Å². The van der Waals surface area contributed by atoms with E-state index in [2.05, 4.69) is 10.3 Å². The van der Waals surface area contributed by atoms with Gasteiger partial charge in [0.15, 0.2) is 5.78 Å². The van der Waals surface area contributed by atoms with Gasteiger partial charge in [-0.05, 0) is 13.0 Å². The lowest BCUT2D eigenvalue weighted by molar-refractivity contribution is -0.214. The minimum atomic E-state index is -4.50. The summed E-state index contributed by atoms with van der Waals surface area (Å²) in [5.74, 6) is -0.787. The smallest absolute Gasteiger partial charge is 0.315 e. The van der Waals surface area contributed by atoms with E-state index in [9.17, 15) is 18.0 Å². The molecule has 3 nitrogen and oxygen atoms in total. The van der Waals surface area contributed by atoms with E-state index in [0.717, 1.165) is 0 Å². The minimum Gasteiger partial charge on any atom is -0.315 e. The molecule has 0 spiro atoms. The van der Waals surface area contributed by atoms with Crippen LogP contribution in [0.3, 0.4) is 0 Å². The van der Waals surface area contributed by atoms with Crippen LogP contribution in [0.25, 0.3) is 0 Å². The van der Waals surface area contributed by atoms with Crippen LogP contribution in [0, 0.1) is 5.41 Å². The molecule has 1 atom stereocenters. The van der Waals surface area contributed by atoms with Crippen LogP contribution in [0.15, 0.2) is 11.6 Å². The number of alkyl halides is 3. The third-order valence-electron chi connectivity index (χ3n) is 3.03. The maximum absolute atomic E-state index is 13.0. The Bertz CT molecular complexity index is 396. The Kier molecular flexibility index (Phi) is 3.22. The summed E-state index contributed by atoms with van der Waals surface area (Å²) in [6.45, 7) is -0.0934. The summed E-state index contributed by atoms with van der Waals surface area (Å²) in [5.41, 5.74) is -2.22. The molecule has 94 valence electrons. The summed E-state index contributed by atoms with van der Waals surface area (Å²) in [6.07, 6.45) is -3.43. The molecule has 1 saturated heterocycles.